The number of alkyl halides is 3. The topological polar surface area (TPSA) is 98.8 Å². The monoisotopic (exact) mass is 505 g/mol. The van der Waals surface area contributed by atoms with Crippen molar-refractivity contribution in [2.75, 3.05) is 12.9 Å². The van der Waals surface area contributed by atoms with Crippen molar-refractivity contribution in [2.45, 2.75) is 35.4 Å². The van der Waals surface area contributed by atoms with Gasteiger partial charge in [0, 0.05) is 6.26 Å². The fourth-order valence-electron chi connectivity index (χ4n) is 2.69. The van der Waals surface area contributed by atoms with Crippen molar-refractivity contribution in [3.8, 4) is 0 Å². The van der Waals surface area contributed by atoms with E-state index < -0.39 is 45.6 Å². The third-order valence-corrected chi connectivity index (χ3v) is 5.92. The van der Waals surface area contributed by atoms with Crippen LogP contribution in [0.3, 0.4) is 0 Å². The van der Waals surface area contributed by atoms with Crippen LogP contribution in [-0.2, 0) is 30.7 Å². The van der Waals surface area contributed by atoms with E-state index in [2.05, 4.69) is 5.32 Å². The Morgan fingerprint density at radius 2 is 1.66 bits per heavy atom. The molecule has 32 heavy (non-hydrogen) atoms. The molecule has 2 rings (SSSR count). The van der Waals surface area contributed by atoms with Gasteiger partial charge in [-0.1, -0.05) is 65.2 Å². The summed E-state index contributed by atoms with van der Waals surface area (Å²) in [5.74, 6) is -0.884. The molecule has 1 amide bonds. The molecule has 0 aliphatic rings. The number of hydrogen-bond acceptors (Lipinski definition) is 6. The predicted octanol–water partition coefficient (Wildman–Crippen LogP) is 4.05. The Hall–Kier alpha value is -2.36. The summed E-state index contributed by atoms with van der Waals surface area (Å²) >= 11 is 11.0. The van der Waals surface area contributed by atoms with Gasteiger partial charge in [0.1, 0.15) is 13.3 Å². The zero-order chi connectivity index (χ0) is 23.9. The summed E-state index contributed by atoms with van der Waals surface area (Å²) in [7, 11) is -3.48. The molecule has 2 atom stereocenters. The summed E-state index contributed by atoms with van der Waals surface area (Å²) in [6, 6.07) is 11.1. The minimum Gasteiger partial charge on any atom is -0.429 e. The number of ether oxygens (including phenoxy) is 2. The molecule has 0 saturated carbocycles. The Bertz CT molecular complexity index is 1030. The molecular weight excluding hydrogens is 484 g/mol. The van der Waals surface area contributed by atoms with E-state index in [0.29, 0.717) is 5.56 Å². The number of hydrogen-bond donors (Lipinski definition) is 1. The minimum absolute atomic E-state index is 0.0179. The summed E-state index contributed by atoms with van der Waals surface area (Å²) in [6.45, 7) is 0.698. The van der Waals surface area contributed by atoms with Crippen molar-refractivity contribution in [2.24, 2.45) is 0 Å². The molecule has 7 nitrogen and oxygen atoms in total. The minimum atomic E-state index is -3.48. The van der Waals surface area contributed by atoms with E-state index in [1.54, 1.807) is 12.1 Å². The van der Waals surface area contributed by atoms with E-state index >= 15 is 0 Å². The van der Waals surface area contributed by atoms with Gasteiger partial charge in [0.2, 0.25) is 0 Å². The maximum absolute atomic E-state index is 13.8. The van der Waals surface area contributed by atoms with Gasteiger partial charge in [-0.25, -0.2) is 17.6 Å². The molecule has 0 heterocycles. The Morgan fingerprint density at radius 1 is 1.06 bits per heavy atom. The average molecular weight is 506 g/mol. The Kier molecular flexibility index (Phi) is 9.30. The highest BCUT2D eigenvalue weighted by Gasteiger charge is 2.31. The number of carbonyl (C=O) groups excluding carboxylic acids is 2. The quantitative estimate of drug-likeness (QED) is 0.407. The molecule has 2 aromatic carbocycles. The summed E-state index contributed by atoms with van der Waals surface area (Å²) in [5, 5.41) is 2.27. The van der Waals surface area contributed by atoms with Crippen LogP contribution in [0.25, 0.3) is 0 Å². The van der Waals surface area contributed by atoms with Gasteiger partial charge in [-0.05, 0) is 30.2 Å². The van der Waals surface area contributed by atoms with E-state index in [4.69, 9.17) is 32.7 Å². The maximum atomic E-state index is 13.8. The van der Waals surface area contributed by atoms with E-state index in [0.717, 1.165) is 11.8 Å². The second-order valence-electron chi connectivity index (χ2n) is 6.97. The van der Waals surface area contributed by atoms with Crippen LogP contribution in [-0.4, -0.2) is 44.3 Å². The first kappa shape index (κ1) is 25.9. The standard InChI is InChI=1S/C21H22Cl2FNO6S/c1-13-3-5-14(6-4-13)12-30-21(27)31-18(17(11-24)25-20(26)19(22)23)15-7-9-16(10-8-15)32(2,28)29/h3-10,17-19H,11-12H2,1-2H3,(H,25,26). The van der Waals surface area contributed by atoms with Crippen molar-refractivity contribution in [1.82, 2.24) is 5.32 Å². The molecule has 0 aliphatic carbocycles. The molecule has 0 aromatic heterocycles. The van der Waals surface area contributed by atoms with Gasteiger partial charge in [0.05, 0.1) is 10.9 Å². The van der Waals surface area contributed by atoms with Crippen LogP contribution in [0.2, 0.25) is 0 Å². The lowest BCUT2D eigenvalue weighted by Gasteiger charge is -2.26. The largest absolute Gasteiger partial charge is 0.509 e. The molecule has 0 aliphatic heterocycles. The first-order chi connectivity index (χ1) is 15.0. The van der Waals surface area contributed by atoms with Crippen molar-refractivity contribution in [3.05, 3.63) is 65.2 Å². The van der Waals surface area contributed by atoms with Crippen LogP contribution in [0.15, 0.2) is 53.4 Å². The van der Waals surface area contributed by atoms with Crippen LogP contribution in [0.5, 0.6) is 0 Å². The van der Waals surface area contributed by atoms with E-state index in [1.807, 2.05) is 19.1 Å². The second-order valence-corrected chi connectivity index (χ2v) is 10.1. The van der Waals surface area contributed by atoms with Crippen LogP contribution in [0.4, 0.5) is 9.18 Å². The first-order valence-electron chi connectivity index (χ1n) is 9.34. The molecule has 11 heteroatoms. The average Bonchev–Trinajstić information content (AvgIpc) is 2.75. The van der Waals surface area contributed by atoms with E-state index in [-0.39, 0.29) is 17.1 Å². The third kappa shape index (κ3) is 7.65. The van der Waals surface area contributed by atoms with Gasteiger partial charge < -0.3 is 14.8 Å². The number of aryl methyl sites for hydroxylation is 1. The summed E-state index contributed by atoms with van der Waals surface area (Å²) in [4.78, 5) is 22.7. The van der Waals surface area contributed by atoms with Crippen molar-refractivity contribution >= 4 is 45.1 Å². The Labute approximate surface area is 195 Å². The van der Waals surface area contributed by atoms with E-state index in [1.165, 1.54) is 24.3 Å². The van der Waals surface area contributed by atoms with Gasteiger partial charge in [0.25, 0.3) is 5.91 Å². The Morgan fingerprint density at radius 3 is 2.16 bits per heavy atom. The number of carbonyl (C=O) groups is 2. The van der Waals surface area contributed by atoms with Crippen LogP contribution >= 0.6 is 23.2 Å². The third-order valence-electron chi connectivity index (χ3n) is 4.39. The lowest BCUT2D eigenvalue weighted by Crippen LogP contribution is -2.44. The fourth-order valence-corrected chi connectivity index (χ4v) is 3.45. The molecule has 0 radical (unpaired) electrons. The maximum Gasteiger partial charge on any atom is 0.509 e. The number of rotatable bonds is 9. The molecular formula is C21H22Cl2FNO6S. The fraction of sp³-hybridized carbons (Fsp3) is 0.333. The van der Waals surface area contributed by atoms with Crippen LogP contribution < -0.4 is 5.32 Å². The predicted molar refractivity (Wildman–Crippen MR) is 118 cm³/mol. The van der Waals surface area contributed by atoms with Crippen LogP contribution in [0, 0.1) is 6.92 Å². The van der Waals surface area contributed by atoms with E-state index in [9.17, 15) is 22.4 Å². The summed E-state index contributed by atoms with van der Waals surface area (Å²) in [5.41, 5.74) is 1.98. The van der Waals surface area contributed by atoms with Gasteiger partial charge in [-0.3, -0.25) is 4.79 Å². The molecule has 0 saturated heterocycles. The van der Waals surface area contributed by atoms with Crippen LogP contribution in [0.1, 0.15) is 22.8 Å². The lowest BCUT2D eigenvalue weighted by atomic mass is 10.0. The van der Waals surface area contributed by atoms with Crippen molar-refractivity contribution in [3.63, 3.8) is 0 Å². The molecule has 174 valence electrons. The molecule has 2 unspecified atom stereocenters. The molecule has 0 bridgehead atoms. The zero-order valence-electron chi connectivity index (χ0n) is 17.3. The zero-order valence-corrected chi connectivity index (χ0v) is 19.6. The number of nitrogens with one attached hydrogen (secondary N) is 1. The molecule has 0 fully saturated rings. The molecule has 2 aromatic rings. The summed E-state index contributed by atoms with van der Waals surface area (Å²) < 4.78 is 47.6. The van der Waals surface area contributed by atoms with Crippen molar-refractivity contribution < 1.29 is 31.9 Å². The highest BCUT2D eigenvalue weighted by molar-refractivity contribution is 7.90. The normalized spacial score (nSPS) is 13.3. The number of sulfone groups is 1. The smallest absolute Gasteiger partial charge is 0.429 e. The highest BCUT2D eigenvalue weighted by atomic mass is 35.5. The molecule has 0 spiro atoms. The highest BCUT2D eigenvalue weighted by Crippen LogP contribution is 2.25. The Balaban J connectivity index is 2.22. The first-order valence-corrected chi connectivity index (χ1v) is 12.1. The van der Waals surface area contributed by atoms with Gasteiger partial charge in [-0.15, -0.1) is 0 Å². The number of benzene rings is 2. The molecule has 1 N–H and O–H groups in total. The van der Waals surface area contributed by atoms with Gasteiger partial charge in [0.15, 0.2) is 20.8 Å². The number of amides is 1. The second kappa shape index (κ2) is 11.5. The van der Waals surface area contributed by atoms with Gasteiger partial charge >= 0.3 is 6.16 Å². The number of halogens is 3. The van der Waals surface area contributed by atoms with Gasteiger partial charge in [-0.2, -0.15) is 0 Å². The SMILES string of the molecule is Cc1ccc(COC(=O)OC(c2ccc(S(C)(=O)=O)cc2)C(CF)NC(=O)C(Cl)Cl)cc1. The summed E-state index contributed by atoms with van der Waals surface area (Å²) in [6.07, 6.45) is -1.41. The van der Waals surface area contributed by atoms with Crippen molar-refractivity contribution in [1.29, 1.82) is 0 Å². The lowest BCUT2D eigenvalue weighted by molar-refractivity contribution is -0.121.